The molecule has 0 saturated carbocycles. The Morgan fingerprint density at radius 1 is 0.956 bits per heavy atom. The molecular weight excluding hydrogens is 586 g/mol. The zero-order valence-corrected chi connectivity index (χ0v) is 25.9. The average Bonchev–Trinajstić information content (AvgIpc) is 3.51. The highest BCUT2D eigenvalue weighted by atomic mass is 32.2. The Morgan fingerprint density at radius 3 is 2.49 bits per heavy atom. The van der Waals surface area contributed by atoms with Gasteiger partial charge in [0.2, 0.25) is 0 Å². The van der Waals surface area contributed by atoms with E-state index in [2.05, 4.69) is 51.7 Å². The van der Waals surface area contributed by atoms with Crippen molar-refractivity contribution in [1.29, 1.82) is 0 Å². The number of carbonyl (C=O) groups excluding carboxylic acids is 1. The van der Waals surface area contributed by atoms with Crippen molar-refractivity contribution in [2.45, 2.75) is 43.7 Å². The van der Waals surface area contributed by atoms with E-state index in [0.717, 1.165) is 38.5 Å². The number of pyridine rings is 1. The van der Waals surface area contributed by atoms with Gasteiger partial charge in [-0.3, -0.25) is 9.78 Å². The number of nitrogens with zero attached hydrogens (tertiary/aromatic N) is 4. The van der Waals surface area contributed by atoms with Crippen LogP contribution in [0.25, 0.3) is 11.1 Å². The molecule has 6 rings (SSSR count). The molecule has 0 aliphatic carbocycles. The van der Waals surface area contributed by atoms with E-state index in [0.29, 0.717) is 17.9 Å². The van der Waals surface area contributed by atoms with Gasteiger partial charge < -0.3 is 24.5 Å². The molecule has 2 aromatic heterocycles. The highest BCUT2D eigenvalue weighted by Gasteiger charge is 2.38. The number of rotatable bonds is 10. The summed E-state index contributed by atoms with van der Waals surface area (Å²) >= 11 is 1.61. The summed E-state index contributed by atoms with van der Waals surface area (Å²) < 4.78 is 15.2. The molecule has 45 heavy (non-hydrogen) atoms. The first-order valence-corrected chi connectivity index (χ1v) is 15.8. The summed E-state index contributed by atoms with van der Waals surface area (Å²) in [5.74, 6) is 0.582. The summed E-state index contributed by atoms with van der Waals surface area (Å²) in [6.45, 7) is 2.54. The standard InChI is InChI=1S/C35H35N5O4S/c1-23-31(21-45-35-39-38-22-40(35)2)43-34(44-32(23)26-13-11-24(20-41)12-14-26)29-9-4-8-28(17-29)27-7-3-6-25(16-27)18-37-33(42)30-10-5-15-36-19-30/h3-17,19,22-23,31-32,34,41H,18,20-21H2,1-2H3,(H,37,42)/t23-,31+,32+,34+/m1/s1. The topological polar surface area (TPSA) is 111 Å². The van der Waals surface area contributed by atoms with E-state index in [1.807, 2.05) is 60.1 Å². The lowest BCUT2D eigenvalue weighted by molar-refractivity contribution is -0.268. The van der Waals surface area contributed by atoms with Crippen molar-refractivity contribution in [3.63, 3.8) is 0 Å². The molecule has 0 bridgehead atoms. The number of ether oxygens (including phenoxy) is 2. The highest BCUT2D eigenvalue weighted by molar-refractivity contribution is 7.99. The van der Waals surface area contributed by atoms with Crippen molar-refractivity contribution in [1.82, 2.24) is 25.1 Å². The first kappa shape index (κ1) is 30.7. The lowest BCUT2D eigenvalue weighted by Gasteiger charge is -2.41. The van der Waals surface area contributed by atoms with E-state index in [-0.39, 0.29) is 30.6 Å². The predicted octanol–water partition coefficient (Wildman–Crippen LogP) is 5.88. The molecule has 1 amide bonds. The number of aryl methyl sites for hydroxylation is 1. The largest absolute Gasteiger partial charge is 0.392 e. The second-order valence-electron chi connectivity index (χ2n) is 11.1. The van der Waals surface area contributed by atoms with Crippen molar-refractivity contribution in [3.05, 3.63) is 131 Å². The number of aliphatic hydroxyl groups is 1. The minimum Gasteiger partial charge on any atom is -0.392 e. The zero-order chi connectivity index (χ0) is 31.2. The molecule has 9 nitrogen and oxygen atoms in total. The lowest BCUT2D eigenvalue weighted by Crippen LogP contribution is -2.38. The third-order valence-corrected chi connectivity index (χ3v) is 9.09. The molecule has 0 radical (unpaired) electrons. The average molecular weight is 622 g/mol. The second-order valence-corrected chi connectivity index (χ2v) is 12.1. The fourth-order valence-corrected chi connectivity index (χ4v) is 6.43. The molecule has 230 valence electrons. The quantitative estimate of drug-likeness (QED) is 0.186. The normalized spacial score (nSPS) is 19.7. The molecule has 3 heterocycles. The van der Waals surface area contributed by atoms with Crippen molar-refractivity contribution in [3.8, 4) is 11.1 Å². The summed E-state index contributed by atoms with van der Waals surface area (Å²) in [7, 11) is 1.93. The Balaban J connectivity index is 1.22. The van der Waals surface area contributed by atoms with Crippen molar-refractivity contribution < 1.29 is 19.4 Å². The van der Waals surface area contributed by atoms with Crippen LogP contribution in [0.2, 0.25) is 0 Å². The molecule has 1 fully saturated rings. The second kappa shape index (κ2) is 14.2. The van der Waals surface area contributed by atoms with Crippen LogP contribution in [0, 0.1) is 5.92 Å². The third kappa shape index (κ3) is 7.32. The van der Waals surface area contributed by atoms with Gasteiger partial charge in [-0.05, 0) is 52.1 Å². The molecule has 0 unspecified atom stereocenters. The molecule has 5 aromatic rings. The van der Waals surface area contributed by atoms with Gasteiger partial charge in [0.15, 0.2) is 11.4 Å². The molecule has 10 heteroatoms. The first-order valence-electron chi connectivity index (χ1n) is 14.8. The van der Waals surface area contributed by atoms with E-state index >= 15 is 0 Å². The fourth-order valence-electron chi connectivity index (χ4n) is 5.38. The van der Waals surface area contributed by atoms with E-state index in [1.54, 1.807) is 42.6 Å². The van der Waals surface area contributed by atoms with Crippen molar-refractivity contribution in [2.75, 3.05) is 5.75 Å². The third-order valence-electron chi connectivity index (χ3n) is 7.97. The van der Waals surface area contributed by atoms with E-state index in [9.17, 15) is 9.90 Å². The maximum absolute atomic E-state index is 12.5. The SMILES string of the molecule is C[C@@H]1[C@H](CSc2nncn2C)O[C@H](c2cccc(-c3cccc(CNC(=O)c4cccnc4)c3)c2)O[C@@H]1c1ccc(CO)cc1. The Labute approximate surface area is 266 Å². The van der Waals surface area contributed by atoms with Gasteiger partial charge >= 0.3 is 0 Å². The van der Waals surface area contributed by atoms with Crippen LogP contribution in [-0.2, 0) is 29.7 Å². The monoisotopic (exact) mass is 621 g/mol. The summed E-state index contributed by atoms with van der Waals surface area (Å²) in [5.41, 5.74) is 6.38. The number of amides is 1. The molecule has 0 spiro atoms. The fraction of sp³-hybridized carbons (Fsp3) is 0.257. The Kier molecular flexibility index (Phi) is 9.66. The van der Waals surface area contributed by atoms with Crippen LogP contribution in [-0.4, -0.2) is 42.6 Å². The molecule has 1 aliphatic rings. The predicted molar refractivity (Wildman–Crippen MR) is 172 cm³/mol. The van der Waals surface area contributed by atoms with Gasteiger partial charge in [-0.25, -0.2) is 0 Å². The zero-order valence-electron chi connectivity index (χ0n) is 25.1. The number of nitrogens with one attached hydrogen (secondary N) is 1. The highest BCUT2D eigenvalue weighted by Crippen LogP contribution is 2.43. The maximum atomic E-state index is 12.5. The van der Waals surface area contributed by atoms with Gasteiger partial charge in [-0.2, -0.15) is 0 Å². The maximum Gasteiger partial charge on any atom is 0.253 e. The summed E-state index contributed by atoms with van der Waals surface area (Å²) in [6, 6.07) is 27.8. The number of thioether (sulfide) groups is 1. The molecular formula is C35H35N5O4S. The van der Waals surface area contributed by atoms with Crippen LogP contribution in [0.4, 0.5) is 0 Å². The minimum atomic E-state index is -0.587. The summed E-state index contributed by atoms with van der Waals surface area (Å²) in [6.07, 6.45) is 3.98. The van der Waals surface area contributed by atoms with Crippen LogP contribution < -0.4 is 5.32 Å². The van der Waals surface area contributed by atoms with Gasteiger partial charge in [-0.1, -0.05) is 79.3 Å². The lowest BCUT2D eigenvalue weighted by atomic mass is 9.91. The number of aliphatic hydroxyl groups excluding tert-OH is 1. The van der Waals surface area contributed by atoms with Crippen LogP contribution in [0.15, 0.2) is 109 Å². The smallest absolute Gasteiger partial charge is 0.253 e. The van der Waals surface area contributed by atoms with Gasteiger partial charge in [0.25, 0.3) is 5.91 Å². The van der Waals surface area contributed by atoms with Crippen LogP contribution in [0.1, 0.15) is 51.9 Å². The Morgan fingerprint density at radius 2 is 1.76 bits per heavy atom. The van der Waals surface area contributed by atoms with Gasteiger partial charge in [-0.15, -0.1) is 10.2 Å². The Bertz CT molecular complexity index is 1730. The van der Waals surface area contributed by atoms with E-state index in [4.69, 9.17) is 9.47 Å². The van der Waals surface area contributed by atoms with Crippen LogP contribution in [0.5, 0.6) is 0 Å². The number of hydrogen-bond donors (Lipinski definition) is 2. The molecule has 1 saturated heterocycles. The van der Waals surface area contributed by atoms with Crippen molar-refractivity contribution in [2.24, 2.45) is 13.0 Å². The number of aromatic nitrogens is 4. The molecule has 1 aliphatic heterocycles. The summed E-state index contributed by atoms with van der Waals surface area (Å²) in [4.78, 5) is 16.6. The van der Waals surface area contributed by atoms with Gasteiger partial charge in [0.05, 0.1) is 24.4 Å². The van der Waals surface area contributed by atoms with Gasteiger partial charge in [0, 0.05) is 43.2 Å². The van der Waals surface area contributed by atoms with Crippen molar-refractivity contribution >= 4 is 17.7 Å². The minimum absolute atomic E-state index is 0.00503. The van der Waals surface area contributed by atoms with E-state index < -0.39 is 6.29 Å². The first-order chi connectivity index (χ1) is 22.0. The molecule has 4 atom stereocenters. The number of benzene rings is 3. The van der Waals surface area contributed by atoms with E-state index in [1.165, 1.54) is 0 Å². The van der Waals surface area contributed by atoms with Crippen LogP contribution in [0.3, 0.4) is 0 Å². The Hall–Kier alpha value is -4.35. The van der Waals surface area contributed by atoms with Crippen LogP contribution >= 0.6 is 11.8 Å². The molecule has 2 N–H and O–H groups in total. The number of hydrogen-bond acceptors (Lipinski definition) is 8. The number of carbonyl (C=O) groups is 1. The van der Waals surface area contributed by atoms with Gasteiger partial charge in [0.1, 0.15) is 6.33 Å². The molecule has 3 aromatic carbocycles. The summed E-state index contributed by atoms with van der Waals surface area (Å²) in [5, 5.41) is 21.6.